The van der Waals surface area contributed by atoms with Crippen LogP contribution in [0.4, 0.5) is 5.69 Å². The molecule has 2 rings (SSSR count). The fourth-order valence-electron chi connectivity index (χ4n) is 2.86. The first-order valence-corrected chi connectivity index (χ1v) is 6.54. The van der Waals surface area contributed by atoms with Crippen molar-refractivity contribution in [3.05, 3.63) is 39.9 Å². The van der Waals surface area contributed by atoms with Gasteiger partial charge in [0.05, 0.1) is 10.3 Å². The van der Waals surface area contributed by atoms with E-state index in [0.29, 0.717) is 18.4 Å². The van der Waals surface area contributed by atoms with Crippen LogP contribution in [0.1, 0.15) is 44.1 Å². The molecule has 102 valence electrons. The Bertz CT molecular complexity index is 473. The molecule has 1 saturated carbocycles. The molecule has 5 nitrogen and oxygen atoms in total. The van der Waals surface area contributed by atoms with Gasteiger partial charge in [0.2, 0.25) is 0 Å². The lowest BCUT2D eigenvalue weighted by atomic mass is 9.74. The van der Waals surface area contributed by atoms with Crippen molar-refractivity contribution < 1.29 is 14.8 Å². The maximum absolute atomic E-state index is 11.7. The summed E-state index contributed by atoms with van der Waals surface area (Å²) in [4.78, 5) is 21.9. The number of benzene rings is 1. The highest BCUT2D eigenvalue weighted by Gasteiger charge is 2.40. The van der Waals surface area contributed by atoms with Crippen molar-refractivity contribution in [1.29, 1.82) is 0 Å². The van der Waals surface area contributed by atoms with Crippen LogP contribution in [0.2, 0.25) is 0 Å². The lowest BCUT2D eigenvalue weighted by Gasteiger charge is -2.28. The summed E-state index contributed by atoms with van der Waals surface area (Å²) < 4.78 is 0. The second-order valence-electron chi connectivity index (χ2n) is 5.11. The zero-order valence-corrected chi connectivity index (χ0v) is 10.7. The average Bonchev–Trinajstić information content (AvgIpc) is 2.65. The van der Waals surface area contributed by atoms with E-state index in [-0.39, 0.29) is 5.69 Å². The Morgan fingerprint density at radius 3 is 2.05 bits per heavy atom. The number of non-ortho nitro benzene ring substituents is 1. The molecule has 0 atom stereocenters. The van der Waals surface area contributed by atoms with Gasteiger partial charge in [-0.2, -0.15) is 0 Å². The Balaban J connectivity index is 2.38. The molecule has 0 saturated heterocycles. The molecule has 0 heterocycles. The third-order valence-corrected chi connectivity index (χ3v) is 4.00. The van der Waals surface area contributed by atoms with Crippen LogP contribution in [0.3, 0.4) is 0 Å². The van der Waals surface area contributed by atoms with Gasteiger partial charge in [-0.3, -0.25) is 14.9 Å². The molecule has 1 N–H and O–H groups in total. The molecule has 0 radical (unpaired) electrons. The smallest absolute Gasteiger partial charge is 0.314 e. The summed E-state index contributed by atoms with van der Waals surface area (Å²) in [6.45, 7) is 0. The van der Waals surface area contributed by atoms with Gasteiger partial charge in [0.25, 0.3) is 5.69 Å². The van der Waals surface area contributed by atoms with Crippen molar-refractivity contribution in [2.24, 2.45) is 0 Å². The molecular formula is C14H17NO4. The Morgan fingerprint density at radius 2 is 1.63 bits per heavy atom. The van der Waals surface area contributed by atoms with Crippen molar-refractivity contribution >= 4 is 11.7 Å². The second kappa shape index (κ2) is 5.38. The Labute approximate surface area is 111 Å². The number of nitrogens with zero attached hydrogens (tertiary/aromatic N) is 1. The number of aliphatic carboxylic acids is 1. The molecule has 0 spiro atoms. The molecule has 0 aromatic heterocycles. The van der Waals surface area contributed by atoms with Crippen LogP contribution in [-0.4, -0.2) is 16.0 Å². The van der Waals surface area contributed by atoms with Gasteiger partial charge >= 0.3 is 5.97 Å². The van der Waals surface area contributed by atoms with E-state index in [1.807, 2.05) is 0 Å². The molecule has 1 aliphatic rings. The minimum absolute atomic E-state index is 0.00193. The van der Waals surface area contributed by atoms with Gasteiger partial charge < -0.3 is 5.11 Å². The van der Waals surface area contributed by atoms with Gasteiger partial charge in [0.1, 0.15) is 0 Å². The summed E-state index contributed by atoms with van der Waals surface area (Å²) in [5.41, 5.74) is -0.184. The Hall–Kier alpha value is -1.91. The lowest BCUT2D eigenvalue weighted by molar-refractivity contribution is -0.384. The molecule has 0 amide bonds. The molecule has 0 unspecified atom stereocenters. The van der Waals surface area contributed by atoms with Crippen LogP contribution in [-0.2, 0) is 10.2 Å². The molecular weight excluding hydrogens is 246 g/mol. The van der Waals surface area contributed by atoms with Crippen molar-refractivity contribution in [1.82, 2.24) is 0 Å². The molecule has 19 heavy (non-hydrogen) atoms. The number of rotatable bonds is 3. The van der Waals surface area contributed by atoms with Crippen molar-refractivity contribution in [2.75, 3.05) is 0 Å². The molecule has 1 aliphatic carbocycles. The van der Waals surface area contributed by atoms with Gasteiger partial charge in [-0.25, -0.2) is 0 Å². The summed E-state index contributed by atoms with van der Waals surface area (Å²) in [6.07, 6.45) is 5.12. The van der Waals surface area contributed by atoms with E-state index < -0.39 is 16.3 Å². The zero-order chi connectivity index (χ0) is 13.9. The summed E-state index contributed by atoms with van der Waals surface area (Å²) in [5.74, 6) is -0.816. The molecule has 0 bridgehead atoms. The quantitative estimate of drug-likeness (QED) is 0.515. The predicted molar refractivity (Wildman–Crippen MR) is 70.1 cm³/mol. The summed E-state index contributed by atoms with van der Waals surface area (Å²) in [7, 11) is 0. The first-order valence-electron chi connectivity index (χ1n) is 6.54. The van der Waals surface area contributed by atoms with E-state index in [2.05, 4.69) is 0 Å². The number of carbonyl (C=O) groups is 1. The summed E-state index contributed by atoms with van der Waals surface area (Å²) >= 11 is 0. The second-order valence-corrected chi connectivity index (χ2v) is 5.11. The highest BCUT2D eigenvalue weighted by atomic mass is 16.6. The maximum atomic E-state index is 11.7. The van der Waals surface area contributed by atoms with Crippen molar-refractivity contribution in [3.63, 3.8) is 0 Å². The molecule has 0 aliphatic heterocycles. The van der Waals surface area contributed by atoms with E-state index in [0.717, 1.165) is 25.7 Å². The van der Waals surface area contributed by atoms with Crippen LogP contribution in [0.25, 0.3) is 0 Å². The van der Waals surface area contributed by atoms with Crippen LogP contribution in [0.15, 0.2) is 24.3 Å². The van der Waals surface area contributed by atoms with E-state index >= 15 is 0 Å². The van der Waals surface area contributed by atoms with Crippen LogP contribution < -0.4 is 0 Å². The maximum Gasteiger partial charge on any atom is 0.314 e. The van der Waals surface area contributed by atoms with E-state index in [4.69, 9.17) is 0 Å². The standard InChI is InChI=1S/C14H17NO4/c16-13(17)14(9-3-1-2-4-10-14)11-5-7-12(8-6-11)15(18)19/h5-8H,1-4,9-10H2,(H,16,17). The average molecular weight is 263 g/mol. The highest BCUT2D eigenvalue weighted by Crippen LogP contribution is 2.39. The molecule has 1 aromatic carbocycles. The Morgan fingerprint density at radius 1 is 1.11 bits per heavy atom. The fraction of sp³-hybridized carbons (Fsp3) is 0.500. The Kier molecular flexibility index (Phi) is 3.83. The number of nitro groups is 1. The highest BCUT2D eigenvalue weighted by molar-refractivity contribution is 5.81. The number of nitro benzene ring substituents is 1. The van der Waals surface area contributed by atoms with Gasteiger partial charge in [-0.15, -0.1) is 0 Å². The monoisotopic (exact) mass is 263 g/mol. The van der Waals surface area contributed by atoms with E-state index in [1.165, 1.54) is 12.1 Å². The lowest BCUT2D eigenvalue weighted by Crippen LogP contribution is -2.35. The molecule has 1 fully saturated rings. The van der Waals surface area contributed by atoms with Crippen LogP contribution in [0.5, 0.6) is 0 Å². The summed E-state index contributed by atoms with van der Waals surface area (Å²) in [5, 5.41) is 20.3. The number of carboxylic acids is 1. The van der Waals surface area contributed by atoms with Gasteiger partial charge in [0.15, 0.2) is 0 Å². The minimum Gasteiger partial charge on any atom is -0.481 e. The molecule has 1 aromatic rings. The van der Waals surface area contributed by atoms with Gasteiger partial charge in [-0.1, -0.05) is 37.8 Å². The zero-order valence-electron chi connectivity index (χ0n) is 10.7. The third-order valence-electron chi connectivity index (χ3n) is 4.00. The SMILES string of the molecule is O=C(O)C1(c2ccc([N+](=O)[O-])cc2)CCCCCC1. The van der Waals surface area contributed by atoms with E-state index in [1.54, 1.807) is 12.1 Å². The topological polar surface area (TPSA) is 80.4 Å². The largest absolute Gasteiger partial charge is 0.481 e. The van der Waals surface area contributed by atoms with Gasteiger partial charge in [-0.05, 0) is 18.4 Å². The predicted octanol–water partition coefficient (Wildman–Crippen LogP) is 3.27. The van der Waals surface area contributed by atoms with E-state index in [9.17, 15) is 20.0 Å². The number of hydrogen-bond donors (Lipinski definition) is 1. The minimum atomic E-state index is -0.869. The third kappa shape index (κ3) is 2.59. The van der Waals surface area contributed by atoms with Gasteiger partial charge in [0, 0.05) is 12.1 Å². The molecule has 5 heteroatoms. The van der Waals surface area contributed by atoms with Crippen molar-refractivity contribution in [2.45, 2.75) is 43.9 Å². The fourth-order valence-corrected chi connectivity index (χ4v) is 2.86. The van der Waals surface area contributed by atoms with Crippen LogP contribution in [0, 0.1) is 10.1 Å². The van der Waals surface area contributed by atoms with Crippen molar-refractivity contribution in [3.8, 4) is 0 Å². The van der Waals surface area contributed by atoms with Crippen LogP contribution >= 0.6 is 0 Å². The first kappa shape index (κ1) is 13.5. The normalized spacial score (nSPS) is 18.5. The number of carboxylic acid groups (broad SMARTS) is 1. The first-order chi connectivity index (χ1) is 9.06. The number of hydrogen-bond acceptors (Lipinski definition) is 3. The summed E-state index contributed by atoms with van der Waals surface area (Å²) in [6, 6.07) is 5.98.